The molecule has 0 bridgehead atoms. The second kappa shape index (κ2) is 14.8. The van der Waals surface area contributed by atoms with E-state index in [0.29, 0.717) is 12.8 Å². The predicted molar refractivity (Wildman–Crippen MR) is 247 cm³/mol. The van der Waals surface area contributed by atoms with Gasteiger partial charge in [-0.3, -0.25) is 0 Å². The van der Waals surface area contributed by atoms with Crippen LogP contribution < -0.4 is 0 Å². The zero-order valence-electron chi connectivity index (χ0n) is 29.8. The minimum Gasteiger partial charge on any atom is -0.388 e. The lowest BCUT2D eigenvalue weighted by molar-refractivity contribution is 0.103. The van der Waals surface area contributed by atoms with E-state index in [9.17, 15) is 10.2 Å². The van der Waals surface area contributed by atoms with E-state index in [1.807, 2.05) is 24.3 Å². The Kier molecular flexibility index (Phi) is 9.82. The molecule has 2 N–H and O–H groups in total. The largest absolute Gasteiger partial charge is 0.388 e. The van der Waals surface area contributed by atoms with Gasteiger partial charge in [0.1, 0.15) is 0 Å². The second-order valence-corrected chi connectivity index (χ2v) is 15.3. The molecule has 0 amide bonds. The smallest absolute Gasteiger partial charge is 0.0804 e. The molecule has 57 heavy (non-hydrogen) atoms. The standard InChI is InChI=1S/C26H22O2.C26H16.3CH4/c27-23-13-22-20-12-10-16-6-2-4-8-18(16)26(20)24(28)14-21(22)19-11-9-15-5-1-3-7-17(15)25(19)23;1-3-7-19-17(5-1)9-11-23-21(19)13-15-26-24-12-10-18-6-2-4-8-20(18)22(24)14-16-25(23)26;;;/h1-12,21-24,27-28H,13-14H2;1-16H;3*1H4. The van der Waals surface area contributed by atoms with Crippen LogP contribution in [-0.4, -0.2) is 10.2 Å². The van der Waals surface area contributed by atoms with Crippen molar-refractivity contribution in [2.75, 3.05) is 0 Å². The first kappa shape index (κ1) is 37.8. The van der Waals surface area contributed by atoms with E-state index >= 15 is 0 Å². The van der Waals surface area contributed by atoms with Crippen molar-refractivity contribution in [1.82, 2.24) is 0 Å². The molecule has 4 atom stereocenters. The van der Waals surface area contributed by atoms with Crippen LogP contribution >= 0.6 is 0 Å². The molecule has 0 aliphatic heterocycles. The van der Waals surface area contributed by atoms with Crippen molar-refractivity contribution in [3.05, 3.63) is 192 Å². The van der Waals surface area contributed by atoms with Crippen molar-refractivity contribution in [1.29, 1.82) is 0 Å². The van der Waals surface area contributed by atoms with Gasteiger partial charge in [0, 0.05) is 0 Å². The Labute approximate surface area is 335 Å². The normalized spacial score (nSPS) is 18.1. The van der Waals surface area contributed by atoms with Gasteiger partial charge in [-0.05, 0) is 122 Å². The van der Waals surface area contributed by atoms with Crippen LogP contribution in [0.2, 0.25) is 0 Å². The quantitative estimate of drug-likeness (QED) is 0.152. The predicted octanol–water partition coefficient (Wildman–Crippen LogP) is 15.1. The van der Waals surface area contributed by atoms with E-state index in [4.69, 9.17) is 0 Å². The average Bonchev–Trinajstić information content (AvgIpc) is 3.23. The molecule has 0 fully saturated rings. The summed E-state index contributed by atoms with van der Waals surface area (Å²) in [5.41, 5.74) is 4.55. The highest BCUT2D eigenvalue weighted by Gasteiger charge is 2.42. The number of rotatable bonds is 0. The fraction of sp³-hybridized carbons (Fsp3) is 0.164. The number of hydrogen-bond acceptors (Lipinski definition) is 2. The summed E-state index contributed by atoms with van der Waals surface area (Å²) in [6.07, 6.45) is 0.474. The number of fused-ring (bicyclic) bond motifs is 18. The molecule has 2 nitrogen and oxygen atoms in total. The van der Waals surface area contributed by atoms with Gasteiger partial charge in [-0.2, -0.15) is 0 Å². The van der Waals surface area contributed by atoms with E-state index in [1.165, 1.54) is 75.8 Å². The van der Waals surface area contributed by atoms with Crippen molar-refractivity contribution >= 4 is 75.4 Å². The number of benzene rings is 10. The number of aliphatic hydroxyl groups is 2. The van der Waals surface area contributed by atoms with Crippen LogP contribution in [0.1, 0.15) is 81.4 Å². The van der Waals surface area contributed by atoms with Gasteiger partial charge in [0.25, 0.3) is 0 Å². The topological polar surface area (TPSA) is 40.5 Å². The van der Waals surface area contributed by atoms with Crippen molar-refractivity contribution in [3.8, 4) is 0 Å². The molecule has 0 heterocycles. The Bertz CT molecular complexity index is 2910. The number of aliphatic hydroxyl groups excluding tert-OH is 2. The molecule has 2 heteroatoms. The summed E-state index contributed by atoms with van der Waals surface area (Å²) in [6.45, 7) is 0. The maximum atomic E-state index is 11.1. The molecule has 10 aromatic rings. The van der Waals surface area contributed by atoms with Crippen molar-refractivity contribution in [2.45, 2.75) is 59.2 Å². The fourth-order valence-corrected chi connectivity index (χ4v) is 10.2. The lowest BCUT2D eigenvalue weighted by atomic mass is 9.63. The van der Waals surface area contributed by atoms with E-state index in [2.05, 4.69) is 146 Å². The third-order valence-corrected chi connectivity index (χ3v) is 12.6. The van der Waals surface area contributed by atoms with Gasteiger partial charge in [-0.1, -0.05) is 192 Å². The van der Waals surface area contributed by atoms with E-state index in [0.717, 1.165) is 21.9 Å². The molecule has 12 rings (SSSR count). The van der Waals surface area contributed by atoms with E-state index in [-0.39, 0.29) is 34.1 Å². The molecular formula is C55H50O2. The summed E-state index contributed by atoms with van der Waals surface area (Å²) in [6, 6.07) is 60.7. The van der Waals surface area contributed by atoms with Crippen LogP contribution in [0, 0.1) is 0 Å². The zero-order valence-corrected chi connectivity index (χ0v) is 29.8. The molecule has 282 valence electrons. The van der Waals surface area contributed by atoms with Crippen molar-refractivity contribution < 1.29 is 10.2 Å². The molecule has 4 unspecified atom stereocenters. The van der Waals surface area contributed by atoms with Gasteiger partial charge in [-0.15, -0.1) is 0 Å². The SMILES string of the molecule is C.C.C.OC1CC2c3ccc4ccccc4c3C(O)CC2c2ccc3ccccc3c21.c1ccc2c(c1)ccc1c2ccc2c3ccc4ccccc4c3ccc12. The van der Waals surface area contributed by atoms with Crippen LogP contribution in [0.3, 0.4) is 0 Å². The molecule has 0 spiro atoms. The molecule has 10 aromatic carbocycles. The van der Waals surface area contributed by atoms with Crippen molar-refractivity contribution in [3.63, 3.8) is 0 Å². The van der Waals surface area contributed by atoms with Crippen LogP contribution in [0.15, 0.2) is 170 Å². The Morgan fingerprint density at radius 1 is 0.281 bits per heavy atom. The van der Waals surface area contributed by atoms with E-state index in [1.54, 1.807) is 0 Å². The first-order valence-electron chi connectivity index (χ1n) is 19.2. The highest BCUT2D eigenvalue weighted by molar-refractivity contribution is 6.24. The number of hydrogen-bond donors (Lipinski definition) is 2. The monoisotopic (exact) mass is 742 g/mol. The minimum atomic E-state index is -0.475. The first-order valence-corrected chi connectivity index (χ1v) is 19.2. The summed E-state index contributed by atoms with van der Waals surface area (Å²) >= 11 is 0. The zero-order chi connectivity index (χ0) is 35.9. The molecule has 0 aromatic heterocycles. The maximum absolute atomic E-state index is 11.1. The average molecular weight is 743 g/mol. The van der Waals surface area contributed by atoms with Crippen LogP contribution in [-0.2, 0) is 0 Å². The molecule has 2 aliphatic rings. The second-order valence-electron chi connectivity index (χ2n) is 15.3. The molecule has 0 radical (unpaired) electrons. The molecule has 2 aliphatic carbocycles. The molecule has 0 saturated carbocycles. The Hall–Kier alpha value is -6.06. The molecular weight excluding hydrogens is 693 g/mol. The van der Waals surface area contributed by atoms with Crippen molar-refractivity contribution in [2.24, 2.45) is 0 Å². The third kappa shape index (κ3) is 5.86. The van der Waals surface area contributed by atoms with Gasteiger partial charge in [0.15, 0.2) is 0 Å². The highest BCUT2D eigenvalue weighted by Crippen LogP contribution is 2.56. The summed E-state index contributed by atoms with van der Waals surface area (Å²) < 4.78 is 0. The Morgan fingerprint density at radius 2 is 0.544 bits per heavy atom. The Morgan fingerprint density at radius 3 is 0.912 bits per heavy atom. The molecule has 0 saturated heterocycles. The lowest BCUT2D eigenvalue weighted by Gasteiger charge is -2.43. The Balaban J connectivity index is 0.000000152. The van der Waals surface area contributed by atoms with Crippen LogP contribution in [0.4, 0.5) is 0 Å². The van der Waals surface area contributed by atoms with Crippen LogP contribution in [0.25, 0.3) is 75.4 Å². The van der Waals surface area contributed by atoms with Gasteiger partial charge in [0.05, 0.1) is 12.2 Å². The van der Waals surface area contributed by atoms with Gasteiger partial charge >= 0.3 is 0 Å². The summed E-state index contributed by atoms with van der Waals surface area (Å²) in [5.74, 6) is 0.485. The highest BCUT2D eigenvalue weighted by atomic mass is 16.3. The van der Waals surface area contributed by atoms with Gasteiger partial charge in [0.2, 0.25) is 0 Å². The van der Waals surface area contributed by atoms with Gasteiger partial charge < -0.3 is 10.2 Å². The fourth-order valence-electron chi connectivity index (χ4n) is 10.2. The summed E-state index contributed by atoms with van der Waals surface area (Å²) in [7, 11) is 0. The summed E-state index contributed by atoms with van der Waals surface area (Å²) in [4.78, 5) is 0. The maximum Gasteiger partial charge on any atom is 0.0804 e. The first-order chi connectivity index (χ1) is 26.6. The van der Waals surface area contributed by atoms with Gasteiger partial charge in [-0.25, -0.2) is 0 Å². The van der Waals surface area contributed by atoms with Crippen LogP contribution in [0.5, 0.6) is 0 Å². The van der Waals surface area contributed by atoms with E-state index < -0.39 is 12.2 Å². The lowest BCUT2D eigenvalue weighted by Crippen LogP contribution is -2.29. The third-order valence-electron chi connectivity index (χ3n) is 12.6. The minimum absolute atomic E-state index is 0. The summed E-state index contributed by atoms with van der Waals surface area (Å²) in [5, 5.41) is 40.1.